The Morgan fingerprint density at radius 2 is 1.80 bits per heavy atom. The fourth-order valence-electron chi connectivity index (χ4n) is 6.43. The van der Waals surface area contributed by atoms with Gasteiger partial charge in [0.15, 0.2) is 0 Å². The van der Waals surface area contributed by atoms with Gasteiger partial charge in [0, 0.05) is 6.42 Å². The molecule has 2 aromatic heterocycles. The fourth-order valence-corrected chi connectivity index (χ4v) is 7.13. The van der Waals surface area contributed by atoms with Crippen LogP contribution < -0.4 is 15.4 Å². The Morgan fingerprint density at radius 1 is 1.02 bits per heavy atom. The summed E-state index contributed by atoms with van der Waals surface area (Å²) < 4.78 is 12.2. The van der Waals surface area contributed by atoms with Crippen LogP contribution in [-0.2, 0) is 19.1 Å². The van der Waals surface area contributed by atoms with Gasteiger partial charge in [0.1, 0.15) is 36.3 Å². The zero-order valence-corrected chi connectivity index (χ0v) is 29.2. The van der Waals surface area contributed by atoms with Gasteiger partial charge in [-0.3, -0.25) is 9.59 Å². The molecule has 0 spiro atoms. The van der Waals surface area contributed by atoms with E-state index in [9.17, 15) is 19.2 Å². The van der Waals surface area contributed by atoms with Crippen LogP contribution in [-0.4, -0.2) is 75.9 Å². The molecular weight excluding hydrogens is 643 g/mol. The topological polar surface area (TPSA) is 140 Å². The predicted octanol–water partition coefficient (Wildman–Crippen LogP) is 6.36. The average Bonchev–Trinajstić information content (AvgIpc) is 3.91. The number of nitrogens with one attached hydrogen (secondary N) is 2. The molecule has 1 saturated heterocycles. The van der Waals surface area contributed by atoms with Crippen molar-refractivity contribution in [3.8, 4) is 16.5 Å². The summed E-state index contributed by atoms with van der Waals surface area (Å²) in [6.07, 6.45) is 11.6. The van der Waals surface area contributed by atoms with E-state index < -0.39 is 36.2 Å². The largest absolute Gasteiger partial charge is 0.471 e. The lowest BCUT2D eigenvalue weighted by molar-refractivity contribution is -0.140. The van der Waals surface area contributed by atoms with Crippen molar-refractivity contribution < 1.29 is 28.7 Å². The van der Waals surface area contributed by atoms with E-state index in [4.69, 9.17) is 19.4 Å². The number of allylic oxidation sites excluding steroid dienone is 2. The summed E-state index contributed by atoms with van der Waals surface area (Å²) in [6, 6.07) is 8.91. The first kappa shape index (κ1) is 36.0. The maximum atomic E-state index is 14.4. The summed E-state index contributed by atoms with van der Waals surface area (Å²) in [5.41, 5.74) is 1.97. The van der Waals surface area contributed by atoms with E-state index in [-0.39, 0.29) is 25.0 Å². The first-order valence-electron chi connectivity index (χ1n) is 17.5. The predicted molar refractivity (Wildman–Crippen MR) is 189 cm³/mol. The van der Waals surface area contributed by atoms with Gasteiger partial charge in [-0.2, -0.15) is 0 Å². The minimum atomic E-state index is -0.921. The number of aromatic nitrogens is 2. The molecule has 3 heterocycles. The molecule has 1 aliphatic carbocycles. The molecule has 5 rings (SSSR count). The number of hydrogen-bond acceptors (Lipinski definition) is 9. The van der Waals surface area contributed by atoms with Gasteiger partial charge in [-0.05, 0) is 81.9 Å². The third-order valence-corrected chi connectivity index (χ3v) is 9.99. The van der Waals surface area contributed by atoms with Crippen LogP contribution >= 0.6 is 11.3 Å². The van der Waals surface area contributed by atoms with E-state index in [2.05, 4.69) is 16.7 Å². The number of nitrogens with zero attached hydrogens (tertiary/aromatic N) is 3. The number of alkyl carbamates (subject to hydrolysis) is 1. The number of thiophene rings is 1. The highest BCUT2D eigenvalue weighted by Crippen LogP contribution is 2.34. The molecule has 4 atom stereocenters. The summed E-state index contributed by atoms with van der Waals surface area (Å²) in [7, 11) is 0. The molecule has 1 aliphatic heterocycles. The van der Waals surface area contributed by atoms with Crippen molar-refractivity contribution in [1.29, 1.82) is 0 Å². The number of rotatable bonds is 16. The molecule has 49 heavy (non-hydrogen) atoms. The van der Waals surface area contributed by atoms with E-state index in [1.165, 1.54) is 16.2 Å². The lowest BCUT2D eigenvalue weighted by atomic mass is 10.0. The Kier molecular flexibility index (Phi) is 13.1. The van der Waals surface area contributed by atoms with Crippen LogP contribution in [0.1, 0.15) is 84.5 Å². The minimum absolute atomic E-state index is 0.0876. The second-order valence-electron chi connectivity index (χ2n) is 12.7. The summed E-state index contributed by atoms with van der Waals surface area (Å²) in [5.74, 6) is -0.514. The van der Waals surface area contributed by atoms with Gasteiger partial charge in [-0.15, -0.1) is 11.3 Å². The van der Waals surface area contributed by atoms with Gasteiger partial charge in [0.2, 0.25) is 17.7 Å². The maximum absolute atomic E-state index is 14.4. The highest BCUT2D eigenvalue weighted by molar-refractivity contribution is 7.13. The SMILES string of the molecule is C/C=C\CCCCC[C@H](NC(=O)OC1CCCC1)C(=O)N1C[C@H](Oc2nc3ccccc3nc2-c2cccs2)C[C@H]1C(=O)N[C@H](C=O)CC. The first-order chi connectivity index (χ1) is 23.9. The molecule has 2 aliphatic rings. The van der Waals surface area contributed by atoms with Gasteiger partial charge in [0.05, 0.1) is 28.5 Å². The van der Waals surface area contributed by atoms with Crippen LogP contribution in [0.4, 0.5) is 4.79 Å². The molecule has 12 heteroatoms. The Bertz CT molecular complexity index is 1590. The number of ether oxygens (including phenoxy) is 2. The molecule has 2 N–H and O–H groups in total. The second-order valence-corrected chi connectivity index (χ2v) is 13.6. The van der Waals surface area contributed by atoms with Crippen molar-refractivity contribution in [2.75, 3.05) is 6.54 Å². The minimum Gasteiger partial charge on any atom is -0.471 e. The van der Waals surface area contributed by atoms with Crippen LogP contribution in [0, 0.1) is 0 Å². The van der Waals surface area contributed by atoms with Crippen LogP contribution in [0.15, 0.2) is 53.9 Å². The van der Waals surface area contributed by atoms with Gasteiger partial charge < -0.3 is 29.8 Å². The van der Waals surface area contributed by atoms with E-state index in [0.29, 0.717) is 42.6 Å². The standard InChI is InChI=1S/C37H47N5O6S/c1-3-5-6-7-8-9-19-30(41-37(46)48-26-15-10-11-16-26)36(45)42-23-27(22-31(42)34(44)38-25(4-2)24-43)47-35-33(32-20-14-21-49-32)39-28-17-12-13-18-29(28)40-35/h3,5,12-14,17-18,20-21,24-27,30-31H,4,6-11,15-16,19,22-23H2,1-2H3,(H,38,44)(H,41,46)/b5-3-/t25-,27+,30-,31-/m0/s1. The van der Waals surface area contributed by atoms with Crippen molar-refractivity contribution in [3.05, 3.63) is 53.9 Å². The number of unbranched alkanes of at least 4 members (excludes halogenated alkanes) is 3. The molecule has 3 amide bonds. The van der Waals surface area contributed by atoms with Crippen molar-refractivity contribution in [1.82, 2.24) is 25.5 Å². The third kappa shape index (κ3) is 9.65. The summed E-state index contributed by atoms with van der Waals surface area (Å²) in [5, 5.41) is 7.58. The number of amides is 3. The van der Waals surface area contributed by atoms with Gasteiger partial charge in [0.25, 0.3) is 0 Å². The smallest absolute Gasteiger partial charge is 0.408 e. The van der Waals surface area contributed by atoms with Crippen LogP contribution in [0.25, 0.3) is 21.6 Å². The molecular formula is C37H47N5O6S. The highest BCUT2D eigenvalue weighted by atomic mass is 32.1. The Morgan fingerprint density at radius 3 is 2.49 bits per heavy atom. The Balaban J connectivity index is 1.39. The van der Waals surface area contributed by atoms with Gasteiger partial charge >= 0.3 is 6.09 Å². The number of fused-ring (bicyclic) bond motifs is 1. The number of likely N-dealkylation sites (tertiary alicyclic amines) is 1. The quantitative estimate of drug-likeness (QED) is 0.101. The number of para-hydroxylation sites is 2. The van der Waals surface area contributed by atoms with E-state index in [0.717, 1.165) is 55.3 Å². The highest BCUT2D eigenvalue weighted by Gasteiger charge is 2.44. The van der Waals surface area contributed by atoms with Crippen LogP contribution in [0.5, 0.6) is 5.88 Å². The summed E-state index contributed by atoms with van der Waals surface area (Å²) in [4.78, 5) is 64.7. The number of hydrogen-bond donors (Lipinski definition) is 2. The molecule has 3 aromatic rings. The summed E-state index contributed by atoms with van der Waals surface area (Å²) in [6.45, 7) is 3.88. The Labute approximate surface area is 291 Å². The molecule has 0 radical (unpaired) electrons. The third-order valence-electron chi connectivity index (χ3n) is 9.12. The number of carbonyl (C=O) groups is 4. The fraction of sp³-hybridized carbons (Fsp3) is 0.514. The van der Waals surface area contributed by atoms with Crippen LogP contribution in [0.2, 0.25) is 0 Å². The van der Waals surface area contributed by atoms with Crippen molar-refractivity contribution in [2.45, 2.75) is 115 Å². The lowest BCUT2D eigenvalue weighted by Crippen LogP contribution is -2.55. The monoisotopic (exact) mass is 689 g/mol. The van der Waals surface area contributed by atoms with Crippen LogP contribution in [0.3, 0.4) is 0 Å². The van der Waals surface area contributed by atoms with Gasteiger partial charge in [-0.1, -0.05) is 50.1 Å². The normalized spacial score (nSPS) is 19.2. The first-order valence-corrected chi connectivity index (χ1v) is 18.4. The van der Waals surface area contributed by atoms with E-state index in [1.54, 1.807) is 6.92 Å². The second kappa shape index (κ2) is 17.9. The number of benzene rings is 1. The molecule has 0 unspecified atom stereocenters. The molecule has 1 saturated carbocycles. The molecule has 1 aromatic carbocycles. The van der Waals surface area contributed by atoms with E-state index in [1.807, 2.05) is 54.8 Å². The van der Waals surface area contributed by atoms with Gasteiger partial charge in [-0.25, -0.2) is 14.8 Å². The van der Waals surface area contributed by atoms with Crippen molar-refractivity contribution >= 4 is 46.6 Å². The van der Waals surface area contributed by atoms with E-state index >= 15 is 0 Å². The maximum Gasteiger partial charge on any atom is 0.408 e. The zero-order valence-electron chi connectivity index (χ0n) is 28.3. The molecule has 11 nitrogen and oxygen atoms in total. The molecule has 0 bridgehead atoms. The van der Waals surface area contributed by atoms with Crippen molar-refractivity contribution in [3.63, 3.8) is 0 Å². The zero-order chi connectivity index (χ0) is 34.6. The van der Waals surface area contributed by atoms with Crippen molar-refractivity contribution in [2.24, 2.45) is 0 Å². The number of aldehydes is 1. The Hall–Kier alpha value is -4.32. The molecule has 2 fully saturated rings. The lowest BCUT2D eigenvalue weighted by Gasteiger charge is -2.29. The summed E-state index contributed by atoms with van der Waals surface area (Å²) >= 11 is 1.51. The number of carbonyl (C=O) groups excluding carboxylic acids is 4. The average molecular weight is 690 g/mol. The molecule has 262 valence electrons.